The zero-order valence-corrected chi connectivity index (χ0v) is 27.2. The van der Waals surface area contributed by atoms with Crippen LogP contribution in [0.15, 0.2) is 105 Å². The molecule has 0 bridgehead atoms. The highest BCUT2D eigenvalue weighted by molar-refractivity contribution is 9.10. The Morgan fingerprint density at radius 3 is 2.59 bits per heavy atom. The second-order valence-corrected chi connectivity index (χ2v) is 12.4. The summed E-state index contributed by atoms with van der Waals surface area (Å²) in [4.78, 5) is 33.4. The van der Waals surface area contributed by atoms with E-state index in [9.17, 15) is 9.59 Å². The molecule has 224 valence electrons. The minimum absolute atomic E-state index is 0.210. The number of carbonyl (C=O) groups is 1. The number of methoxy groups -OCH3 is 1. The maximum atomic E-state index is 14.4. The molecule has 3 aromatic carbocycles. The molecule has 0 fully saturated rings. The van der Waals surface area contributed by atoms with Crippen molar-refractivity contribution in [3.05, 3.63) is 131 Å². The Morgan fingerprint density at radius 2 is 1.84 bits per heavy atom. The van der Waals surface area contributed by atoms with Crippen LogP contribution in [-0.2, 0) is 16.1 Å². The molecule has 0 saturated heterocycles. The number of para-hydroxylation sites is 1. The summed E-state index contributed by atoms with van der Waals surface area (Å²) in [6, 6.07) is 23.4. The van der Waals surface area contributed by atoms with Crippen LogP contribution in [0.4, 0.5) is 0 Å². The number of thiazole rings is 1. The van der Waals surface area contributed by atoms with Crippen molar-refractivity contribution in [2.24, 2.45) is 4.99 Å². The lowest BCUT2D eigenvalue weighted by atomic mass is 9.93. The van der Waals surface area contributed by atoms with E-state index in [0.717, 1.165) is 27.4 Å². The van der Waals surface area contributed by atoms with Gasteiger partial charge in [0.1, 0.15) is 11.8 Å². The summed E-state index contributed by atoms with van der Waals surface area (Å²) in [5.41, 5.74) is 4.67. The molecule has 0 spiro atoms. The smallest absolute Gasteiger partial charge is 0.338 e. The number of allylic oxidation sites excluding steroid dienone is 1. The minimum Gasteiger partial charge on any atom is -0.496 e. The van der Waals surface area contributed by atoms with Gasteiger partial charge in [-0.05, 0) is 49.2 Å². The molecule has 0 radical (unpaired) electrons. The van der Waals surface area contributed by atoms with Gasteiger partial charge in [-0.1, -0.05) is 89.1 Å². The van der Waals surface area contributed by atoms with E-state index in [-0.39, 0.29) is 12.2 Å². The number of halogens is 1. The third-order valence-corrected chi connectivity index (χ3v) is 9.16. The van der Waals surface area contributed by atoms with Crippen molar-refractivity contribution >= 4 is 50.2 Å². The van der Waals surface area contributed by atoms with Gasteiger partial charge in [0.2, 0.25) is 0 Å². The van der Waals surface area contributed by atoms with E-state index in [4.69, 9.17) is 14.5 Å². The lowest BCUT2D eigenvalue weighted by Gasteiger charge is -2.27. The van der Waals surface area contributed by atoms with Crippen LogP contribution in [0.1, 0.15) is 49.4 Å². The molecule has 6 rings (SSSR count). The molecule has 0 aliphatic carbocycles. The van der Waals surface area contributed by atoms with Gasteiger partial charge in [0.15, 0.2) is 4.80 Å². The van der Waals surface area contributed by atoms with E-state index in [1.165, 1.54) is 16.9 Å². The van der Waals surface area contributed by atoms with E-state index >= 15 is 0 Å². The van der Waals surface area contributed by atoms with Crippen LogP contribution in [0.2, 0.25) is 0 Å². The quantitative estimate of drug-likeness (QED) is 0.171. The number of carbonyl (C=O) groups excluding carboxylic acids is 1. The van der Waals surface area contributed by atoms with Crippen LogP contribution in [0, 0.1) is 0 Å². The number of esters is 1. The number of benzene rings is 3. The predicted molar refractivity (Wildman–Crippen MR) is 178 cm³/mol. The molecule has 44 heavy (non-hydrogen) atoms. The zero-order chi connectivity index (χ0) is 30.8. The number of nitrogens with zero attached hydrogens (tertiary/aromatic N) is 3. The van der Waals surface area contributed by atoms with E-state index in [2.05, 4.69) is 51.0 Å². The van der Waals surface area contributed by atoms with Crippen LogP contribution in [0.3, 0.4) is 0 Å². The van der Waals surface area contributed by atoms with Crippen molar-refractivity contribution in [1.82, 2.24) is 9.13 Å². The Kier molecular flexibility index (Phi) is 8.68. The second kappa shape index (κ2) is 12.8. The van der Waals surface area contributed by atoms with Crippen molar-refractivity contribution in [3.63, 3.8) is 0 Å². The van der Waals surface area contributed by atoms with Crippen LogP contribution in [-0.4, -0.2) is 28.8 Å². The Bertz CT molecular complexity index is 2070. The molecule has 2 aromatic heterocycles. The largest absolute Gasteiger partial charge is 0.496 e. The van der Waals surface area contributed by atoms with Gasteiger partial charge in [-0.15, -0.1) is 0 Å². The summed E-state index contributed by atoms with van der Waals surface area (Å²) in [5, 5.41) is 1.05. The Hall–Kier alpha value is -4.21. The predicted octanol–water partition coefficient (Wildman–Crippen LogP) is 6.35. The first kappa shape index (κ1) is 29.8. The van der Waals surface area contributed by atoms with Gasteiger partial charge in [0, 0.05) is 39.2 Å². The monoisotopic (exact) mass is 669 g/mol. The average molecular weight is 671 g/mol. The summed E-state index contributed by atoms with van der Waals surface area (Å²) < 4.78 is 16.5. The molecule has 5 aromatic rings. The minimum atomic E-state index is -0.763. The standard InChI is InChI=1S/C35H32BrN3O4S/c1-4-11-27-31(34(41)43-5-2)32(26-19-24(36)16-17-29(26)42-3)39-33(40)30(44-35(39)37-27)18-23-21-38(20-22-12-7-6-8-13-22)28-15-10-9-14-25(23)28/h6-10,12-19,21,32H,4-5,11,20H2,1-3H3/b30-18+/t32-/m1/s1. The summed E-state index contributed by atoms with van der Waals surface area (Å²) in [5.74, 6) is 0.0845. The Labute approximate surface area is 267 Å². The highest BCUT2D eigenvalue weighted by Crippen LogP contribution is 2.38. The number of rotatable bonds is 9. The van der Waals surface area contributed by atoms with Gasteiger partial charge in [-0.3, -0.25) is 9.36 Å². The molecule has 0 unspecified atom stereocenters. The molecule has 7 nitrogen and oxygen atoms in total. The molecule has 1 atom stereocenters. The number of fused-ring (bicyclic) bond motifs is 2. The molecule has 0 N–H and O–H groups in total. The fourth-order valence-electron chi connectivity index (χ4n) is 5.78. The Balaban J connectivity index is 1.58. The number of aromatic nitrogens is 2. The molecule has 0 saturated carbocycles. The summed E-state index contributed by atoms with van der Waals surface area (Å²) in [7, 11) is 1.59. The first-order valence-electron chi connectivity index (χ1n) is 14.6. The first-order valence-corrected chi connectivity index (χ1v) is 16.2. The van der Waals surface area contributed by atoms with Crippen molar-refractivity contribution in [3.8, 4) is 5.75 Å². The highest BCUT2D eigenvalue weighted by Gasteiger charge is 2.36. The van der Waals surface area contributed by atoms with Gasteiger partial charge in [-0.25, -0.2) is 9.79 Å². The van der Waals surface area contributed by atoms with E-state index < -0.39 is 12.0 Å². The average Bonchev–Trinajstić information content (AvgIpc) is 3.53. The Morgan fingerprint density at radius 1 is 1.07 bits per heavy atom. The van der Waals surface area contributed by atoms with E-state index in [1.807, 2.05) is 61.5 Å². The fraction of sp³-hybridized carbons (Fsp3) is 0.229. The third kappa shape index (κ3) is 5.57. The van der Waals surface area contributed by atoms with Crippen molar-refractivity contribution < 1.29 is 14.3 Å². The summed E-state index contributed by atoms with van der Waals surface area (Å²) in [6.07, 6.45) is 5.38. The highest BCUT2D eigenvalue weighted by atomic mass is 79.9. The fourth-order valence-corrected chi connectivity index (χ4v) is 7.17. The number of hydrogen-bond acceptors (Lipinski definition) is 6. The third-order valence-electron chi connectivity index (χ3n) is 7.68. The maximum Gasteiger partial charge on any atom is 0.338 e. The van der Waals surface area contributed by atoms with Crippen LogP contribution in [0.5, 0.6) is 5.75 Å². The van der Waals surface area contributed by atoms with Crippen molar-refractivity contribution in [2.45, 2.75) is 39.3 Å². The molecular weight excluding hydrogens is 638 g/mol. The van der Waals surface area contributed by atoms with Gasteiger partial charge in [0.05, 0.1) is 29.5 Å². The van der Waals surface area contributed by atoms with E-state index in [0.29, 0.717) is 44.9 Å². The molecule has 1 aliphatic heterocycles. The van der Waals surface area contributed by atoms with Gasteiger partial charge in [-0.2, -0.15) is 0 Å². The zero-order valence-electron chi connectivity index (χ0n) is 24.7. The number of ether oxygens (including phenoxy) is 2. The first-order chi connectivity index (χ1) is 21.4. The van der Waals surface area contributed by atoms with Gasteiger partial charge < -0.3 is 14.0 Å². The van der Waals surface area contributed by atoms with Crippen LogP contribution in [0.25, 0.3) is 17.0 Å². The lowest BCUT2D eigenvalue weighted by Crippen LogP contribution is -2.40. The van der Waals surface area contributed by atoms with Gasteiger partial charge >= 0.3 is 5.97 Å². The topological polar surface area (TPSA) is 74.8 Å². The van der Waals surface area contributed by atoms with Crippen LogP contribution >= 0.6 is 27.3 Å². The molecule has 3 heterocycles. The molecule has 1 aliphatic rings. The lowest BCUT2D eigenvalue weighted by molar-refractivity contribution is -0.139. The van der Waals surface area contributed by atoms with E-state index in [1.54, 1.807) is 18.6 Å². The SMILES string of the molecule is CCCC1=C(C(=O)OCC)[C@@H](c2cc(Br)ccc2OC)n2c(s/c(=C/c3cn(Cc4ccccc4)c4ccccc34)c2=O)=N1. The summed E-state index contributed by atoms with van der Waals surface area (Å²) >= 11 is 4.91. The van der Waals surface area contributed by atoms with Gasteiger partial charge in [0.25, 0.3) is 5.56 Å². The summed E-state index contributed by atoms with van der Waals surface area (Å²) in [6.45, 7) is 4.74. The van der Waals surface area contributed by atoms with Crippen molar-refractivity contribution in [1.29, 1.82) is 0 Å². The molecule has 9 heteroatoms. The molecular formula is C35H32BrN3O4S. The van der Waals surface area contributed by atoms with Crippen molar-refractivity contribution in [2.75, 3.05) is 13.7 Å². The van der Waals surface area contributed by atoms with Crippen LogP contribution < -0.4 is 19.6 Å². The maximum absolute atomic E-state index is 14.4. The number of hydrogen-bond donors (Lipinski definition) is 0. The molecule has 0 amide bonds. The second-order valence-electron chi connectivity index (χ2n) is 10.5. The normalized spacial score (nSPS) is 14.9.